The fraction of sp³-hybridized carbons (Fsp3) is 0.500. The Morgan fingerprint density at radius 2 is 2.00 bits per heavy atom. The molecule has 1 rings (SSSR count). The van der Waals surface area contributed by atoms with Crippen LogP contribution in [0.1, 0.15) is 26.7 Å². The number of hydrogen-bond acceptors (Lipinski definition) is 2. The van der Waals surface area contributed by atoms with Crippen molar-refractivity contribution < 1.29 is 5.11 Å². The van der Waals surface area contributed by atoms with Gasteiger partial charge in [0.25, 0.3) is 0 Å². The van der Waals surface area contributed by atoms with E-state index in [0.29, 0.717) is 10.9 Å². The summed E-state index contributed by atoms with van der Waals surface area (Å²) in [5.74, 6) is 0.822. The summed E-state index contributed by atoms with van der Waals surface area (Å²) >= 11 is 5.81. The minimum Gasteiger partial charge on any atom is -0.506 e. The molecule has 1 aromatic carbocycles. The highest BCUT2D eigenvalue weighted by Crippen LogP contribution is 2.26. The Kier molecular flexibility index (Phi) is 4.76. The van der Waals surface area contributed by atoms with E-state index in [1.807, 2.05) is 6.07 Å². The second kappa shape index (κ2) is 5.86. The molecule has 2 nitrogen and oxygen atoms in total. The summed E-state index contributed by atoms with van der Waals surface area (Å²) in [5.41, 5.74) is 0.963. The van der Waals surface area contributed by atoms with E-state index in [1.165, 1.54) is 12.8 Å². The number of aromatic hydroxyl groups is 1. The molecular weight excluding hydrogens is 210 g/mol. The van der Waals surface area contributed by atoms with E-state index >= 15 is 0 Å². The molecule has 0 spiro atoms. The molecule has 0 saturated heterocycles. The summed E-state index contributed by atoms with van der Waals surface area (Å²) in [6.07, 6.45) is 2.35. The van der Waals surface area contributed by atoms with Gasteiger partial charge in [-0.1, -0.05) is 38.3 Å². The van der Waals surface area contributed by atoms with Gasteiger partial charge in [0.05, 0.1) is 5.02 Å². The fourth-order valence-corrected chi connectivity index (χ4v) is 1.64. The lowest BCUT2D eigenvalue weighted by Crippen LogP contribution is -2.12. The van der Waals surface area contributed by atoms with E-state index in [9.17, 15) is 5.11 Å². The van der Waals surface area contributed by atoms with Crippen molar-refractivity contribution in [1.82, 2.24) is 0 Å². The molecular formula is C12H18ClNO. The quantitative estimate of drug-likeness (QED) is 0.748. The van der Waals surface area contributed by atoms with Gasteiger partial charge < -0.3 is 10.4 Å². The van der Waals surface area contributed by atoms with Gasteiger partial charge in [-0.2, -0.15) is 0 Å². The van der Waals surface area contributed by atoms with Gasteiger partial charge in [-0.15, -0.1) is 0 Å². The highest BCUT2D eigenvalue weighted by atomic mass is 35.5. The molecule has 0 aliphatic heterocycles. The van der Waals surface area contributed by atoms with Crippen LogP contribution in [0.3, 0.4) is 0 Å². The van der Waals surface area contributed by atoms with Crippen LogP contribution in [-0.2, 0) is 0 Å². The van der Waals surface area contributed by atoms with Crippen molar-refractivity contribution in [2.24, 2.45) is 5.92 Å². The van der Waals surface area contributed by atoms with Crippen molar-refractivity contribution in [2.75, 3.05) is 11.9 Å². The smallest absolute Gasteiger partial charge is 0.134 e. The van der Waals surface area contributed by atoms with E-state index in [4.69, 9.17) is 11.6 Å². The Bertz CT molecular complexity index is 310. The van der Waals surface area contributed by atoms with Crippen LogP contribution >= 0.6 is 11.6 Å². The molecule has 0 unspecified atom stereocenters. The minimum atomic E-state index is 0.129. The number of hydrogen-bond donors (Lipinski definition) is 2. The van der Waals surface area contributed by atoms with Crippen molar-refractivity contribution in [3.8, 4) is 5.75 Å². The summed E-state index contributed by atoms with van der Waals surface area (Å²) in [4.78, 5) is 0. The third-order valence-electron chi connectivity index (χ3n) is 2.70. The first-order chi connectivity index (χ1) is 7.17. The zero-order valence-corrected chi connectivity index (χ0v) is 10.0. The SMILES string of the molecule is CCC(CC)CNc1ccc(O)c(Cl)c1. The summed E-state index contributed by atoms with van der Waals surface area (Å²) < 4.78 is 0. The predicted molar refractivity (Wildman–Crippen MR) is 65.7 cm³/mol. The fourth-order valence-electron chi connectivity index (χ4n) is 1.46. The molecule has 0 bridgehead atoms. The Morgan fingerprint density at radius 3 is 2.53 bits per heavy atom. The van der Waals surface area contributed by atoms with E-state index in [-0.39, 0.29) is 5.75 Å². The van der Waals surface area contributed by atoms with Gasteiger partial charge in [0.2, 0.25) is 0 Å². The first kappa shape index (κ1) is 12.2. The lowest BCUT2D eigenvalue weighted by Gasteiger charge is -2.14. The maximum atomic E-state index is 9.25. The number of phenols is 1. The molecule has 0 radical (unpaired) electrons. The average molecular weight is 228 g/mol. The molecule has 15 heavy (non-hydrogen) atoms. The van der Waals surface area contributed by atoms with Crippen molar-refractivity contribution >= 4 is 17.3 Å². The number of anilines is 1. The van der Waals surface area contributed by atoms with Crippen LogP contribution in [0.25, 0.3) is 0 Å². The van der Waals surface area contributed by atoms with E-state index in [0.717, 1.165) is 12.2 Å². The Balaban J connectivity index is 2.54. The minimum absolute atomic E-state index is 0.129. The monoisotopic (exact) mass is 227 g/mol. The van der Waals surface area contributed by atoms with Gasteiger partial charge in [-0.05, 0) is 24.1 Å². The average Bonchev–Trinajstić information content (AvgIpc) is 2.24. The zero-order chi connectivity index (χ0) is 11.3. The second-order valence-electron chi connectivity index (χ2n) is 3.73. The van der Waals surface area contributed by atoms with Crippen LogP contribution in [0.4, 0.5) is 5.69 Å². The topological polar surface area (TPSA) is 32.3 Å². The van der Waals surface area contributed by atoms with Crippen LogP contribution in [0.5, 0.6) is 5.75 Å². The normalized spacial score (nSPS) is 10.7. The molecule has 0 atom stereocenters. The maximum absolute atomic E-state index is 9.25. The summed E-state index contributed by atoms with van der Waals surface area (Å²) in [6.45, 7) is 5.34. The number of benzene rings is 1. The molecule has 0 aromatic heterocycles. The first-order valence-corrected chi connectivity index (χ1v) is 5.77. The molecule has 0 amide bonds. The highest BCUT2D eigenvalue weighted by Gasteiger charge is 2.04. The van der Waals surface area contributed by atoms with Crippen molar-refractivity contribution in [3.63, 3.8) is 0 Å². The Hall–Kier alpha value is -0.890. The molecule has 0 fully saturated rings. The number of phenolic OH excluding ortho intramolecular Hbond substituents is 1. The standard InChI is InChI=1S/C12H18ClNO/c1-3-9(4-2)8-14-10-5-6-12(15)11(13)7-10/h5-7,9,14-15H,3-4,8H2,1-2H3. The maximum Gasteiger partial charge on any atom is 0.134 e. The van der Waals surface area contributed by atoms with Crippen LogP contribution < -0.4 is 5.32 Å². The third-order valence-corrected chi connectivity index (χ3v) is 3.00. The van der Waals surface area contributed by atoms with Crippen molar-refractivity contribution in [3.05, 3.63) is 23.2 Å². The molecule has 0 aliphatic rings. The Morgan fingerprint density at radius 1 is 1.33 bits per heavy atom. The summed E-state index contributed by atoms with van der Waals surface area (Å²) in [5, 5.41) is 13.0. The van der Waals surface area contributed by atoms with Crippen LogP contribution in [0.2, 0.25) is 5.02 Å². The number of halogens is 1. The first-order valence-electron chi connectivity index (χ1n) is 5.39. The van der Waals surface area contributed by atoms with Gasteiger partial charge in [-0.25, -0.2) is 0 Å². The molecule has 0 saturated carbocycles. The molecule has 84 valence electrons. The van der Waals surface area contributed by atoms with Gasteiger partial charge >= 0.3 is 0 Å². The zero-order valence-electron chi connectivity index (χ0n) is 9.26. The van der Waals surface area contributed by atoms with Crippen LogP contribution in [-0.4, -0.2) is 11.7 Å². The van der Waals surface area contributed by atoms with Gasteiger partial charge in [0.15, 0.2) is 0 Å². The van der Waals surface area contributed by atoms with Crippen LogP contribution in [0, 0.1) is 5.92 Å². The van der Waals surface area contributed by atoms with Gasteiger partial charge in [-0.3, -0.25) is 0 Å². The molecule has 0 heterocycles. The molecule has 2 N–H and O–H groups in total. The van der Waals surface area contributed by atoms with E-state index in [1.54, 1.807) is 12.1 Å². The Labute approximate surface area is 96.3 Å². The second-order valence-corrected chi connectivity index (χ2v) is 4.14. The van der Waals surface area contributed by atoms with Gasteiger partial charge in [0, 0.05) is 12.2 Å². The largest absolute Gasteiger partial charge is 0.506 e. The van der Waals surface area contributed by atoms with Crippen molar-refractivity contribution in [2.45, 2.75) is 26.7 Å². The van der Waals surface area contributed by atoms with E-state index in [2.05, 4.69) is 19.2 Å². The lowest BCUT2D eigenvalue weighted by molar-refractivity contribution is 0.475. The lowest BCUT2D eigenvalue weighted by atomic mass is 10.0. The van der Waals surface area contributed by atoms with Crippen LogP contribution in [0.15, 0.2) is 18.2 Å². The van der Waals surface area contributed by atoms with E-state index < -0.39 is 0 Å². The third kappa shape index (κ3) is 3.63. The molecule has 1 aromatic rings. The summed E-state index contributed by atoms with van der Waals surface area (Å²) in [7, 11) is 0. The molecule has 3 heteroatoms. The highest BCUT2D eigenvalue weighted by molar-refractivity contribution is 6.32. The van der Waals surface area contributed by atoms with Crippen molar-refractivity contribution in [1.29, 1.82) is 0 Å². The van der Waals surface area contributed by atoms with Gasteiger partial charge in [0.1, 0.15) is 5.75 Å². The predicted octanol–water partition coefficient (Wildman–Crippen LogP) is 3.89. The number of rotatable bonds is 5. The summed E-state index contributed by atoms with van der Waals surface area (Å²) in [6, 6.07) is 5.19. The number of nitrogens with one attached hydrogen (secondary N) is 1. The molecule has 0 aliphatic carbocycles.